The molecule has 164 valence electrons. The van der Waals surface area contributed by atoms with Gasteiger partial charge in [0.2, 0.25) is 0 Å². The number of aliphatic hydroxyl groups is 1. The summed E-state index contributed by atoms with van der Waals surface area (Å²) in [5.41, 5.74) is 2.26. The number of carbonyl (C=O) groups excluding carboxylic acids is 2. The summed E-state index contributed by atoms with van der Waals surface area (Å²) >= 11 is 9.37. The minimum Gasteiger partial charge on any atom is -0.390 e. The highest BCUT2D eigenvalue weighted by atomic mass is 79.9. The second kappa shape index (κ2) is 9.28. The largest absolute Gasteiger partial charge is 0.390 e. The number of hydrogen-bond acceptors (Lipinski definition) is 4. The molecule has 8 heteroatoms. The van der Waals surface area contributed by atoms with E-state index in [1.165, 1.54) is 0 Å². The molecule has 0 spiro atoms. The molecule has 2 aliphatic heterocycles. The number of amides is 2. The second-order valence-corrected chi connectivity index (χ2v) is 9.43. The highest BCUT2D eigenvalue weighted by Gasteiger charge is 2.39. The average molecular weight is 507 g/mol. The van der Waals surface area contributed by atoms with Gasteiger partial charge in [0.15, 0.2) is 0 Å². The van der Waals surface area contributed by atoms with Crippen molar-refractivity contribution in [1.29, 1.82) is 0 Å². The van der Waals surface area contributed by atoms with Crippen LogP contribution >= 0.6 is 27.5 Å². The molecule has 2 heterocycles. The van der Waals surface area contributed by atoms with Crippen LogP contribution in [0.4, 0.5) is 0 Å². The zero-order valence-corrected chi connectivity index (χ0v) is 19.6. The normalized spacial score (nSPS) is 22.1. The van der Waals surface area contributed by atoms with Crippen molar-refractivity contribution in [2.75, 3.05) is 39.3 Å². The molecule has 2 aromatic carbocycles. The Hall–Kier alpha value is -1.93. The van der Waals surface area contributed by atoms with E-state index in [0.29, 0.717) is 55.4 Å². The van der Waals surface area contributed by atoms with Gasteiger partial charge in [-0.3, -0.25) is 14.5 Å². The topological polar surface area (TPSA) is 64.1 Å². The number of aryl methyl sites for hydroxylation is 1. The fourth-order valence-electron chi connectivity index (χ4n) is 4.29. The van der Waals surface area contributed by atoms with Crippen LogP contribution in [0.5, 0.6) is 0 Å². The van der Waals surface area contributed by atoms with Gasteiger partial charge >= 0.3 is 0 Å². The summed E-state index contributed by atoms with van der Waals surface area (Å²) in [6.45, 7) is 5.27. The maximum atomic E-state index is 12.9. The third kappa shape index (κ3) is 4.80. The molecular weight excluding hydrogens is 482 g/mol. The van der Waals surface area contributed by atoms with Crippen molar-refractivity contribution in [2.45, 2.75) is 19.1 Å². The van der Waals surface area contributed by atoms with E-state index in [1.807, 2.05) is 24.0 Å². The van der Waals surface area contributed by atoms with Gasteiger partial charge in [-0.1, -0.05) is 27.5 Å². The van der Waals surface area contributed by atoms with E-state index < -0.39 is 6.10 Å². The van der Waals surface area contributed by atoms with Crippen molar-refractivity contribution in [3.05, 3.63) is 68.7 Å². The van der Waals surface area contributed by atoms with Gasteiger partial charge in [-0.25, -0.2) is 0 Å². The molecule has 6 nitrogen and oxygen atoms in total. The molecule has 2 aromatic rings. The summed E-state index contributed by atoms with van der Waals surface area (Å²) in [4.78, 5) is 31.4. The lowest BCUT2D eigenvalue weighted by Gasteiger charge is -2.38. The fourth-order valence-corrected chi connectivity index (χ4v) is 4.66. The summed E-state index contributed by atoms with van der Waals surface area (Å²) in [6.07, 6.45) is -0.598. The van der Waals surface area contributed by atoms with E-state index in [4.69, 9.17) is 11.6 Å². The van der Waals surface area contributed by atoms with Crippen LogP contribution < -0.4 is 0 Å². The quantitative estimate of drug-likeness (QED) is 0.695. The maximum Gasteiger partial charge on any atom is 0.254 e. The fraction of sp³-hybridized carbons (Fsp3) is 0.391. The molecule has 2 fully saturated rings. The molecule has 31 heavy (non-hydrogen) atoms. The lowest BCUT2D eigenvalue weighted by Crippen LogP contribution is -2.54. The molecule has 0 radical (unpaired) electrons. The molecular formula is C23H25BrClN3O3. The van der Waals surface area contributed by atoms with Crippen LogP contribution in [-0.2, 0) is 0 Å². The molecule has 2 unspecified atom stereocenters. The third-order valence-electron chi connectivity index (χ3n) is 6.11. The molecule has 0 aliphatic carbocycles. The third-order valence-corrected chi connectivity index (χ3v) is 7.25. The number of rotatable bonds is 3. The van der Waals surface area contributed by atoms with Gasteiger partial charge in [0, 0.05) is 59.9 Å². The van der Waals surface area contributed by atoms with Crippen LogP contribution in [0.25, 0.3) is 0 Å². The van der Waals surface area contributed by atoms with E-state index in [9.17, 15) is 14.7 Å². The van der Waals surface area contributed by atoms with Crippen molar-refractivity contribution < 1.29 is 14.7 Å². The minimum absolute atomic E-state index is 0.00861. The molecule has 0 bridgehead atoms. The van der Waals surface area contributed by atoms with Crippen molar-refractivity contribution >= 4 is 39.3 Å². The molecule has 1 N–H and O–H groups in total. The SMILES string of the molecule is Cc1cc(C(=O)N2CC(O)C(N3CCN(C(=O)c4ccc(Cl)cc4)CC3)C2)ccc1Br. The lowest BCUT2D eigenvalue weighted by molar-refractivity contribution is 0.0376. The summed E-state index contributed by atoms with van der Waals surface area (Å²) in [6, 6.07) is 12.4. The summed E-state index contributed by atoms with van der Waals surface area (Å²) in [5, 5.41) is 11.3. The number of benzene rings is 2. The second-order valence-electron chi connectivity index (χ2n) is 8.14. The van der Waals surface area contributed by atoms with Crippen LogP contribution in [-0.4, -0.2) is 83.0 Å². The molecule has 0 saturated carbocycles. The number of β-amino-alcohol motifs (C(OH)–C–C–N with tert-alkyl or cyclic N) is 1. The molecule has 2 amide bonds. The van der Waals surface area contributed by atoms with Crippen LogP contribution in [0.3, 0.4) is 0 Å². The van der Waals surface area contributed by atoms with Crippen molar-refractivity contribution in [2.24, 2.45) is 0 Å². The number of nitrogens with zero attached hydrogens (tertiary/aromatic N) is 3. The van der Waals surface area contributed by atoms with Gasteiger partial charge in [0.05, 0.1) is 12.1 Å². The monoisotopic (exact) mass is 505 g/mol. The smallest absolute Gasteiger partial charge is 0.254 e. The van der Waals surface area contributed by atoms with Gasteiger partial charge in [0.25, 0.3) is 11.8 Å². The van der Waals surface area contributed by atoms with E-state index >= 15 is 0 Å². The predicted octanol–water partition coefficient (Wildman–Crippen LogP) is 3.05. The Bertz CT molecular complexity index is 977. The number of hydrogen-bond donors (Lipinski definition) is 1. The summed E-state index contributed by atoms with van der Waals surface area (Å²) in [7, 11) is 0. The maximum absolute atomic E-state index is 12.9. The summed E-state index contributed by atoms with van der Waals surface area (Å²) in [5.74, 6) is -0.0700. The first kappa shape index (κ1) is 22.3. The highest BCUT2D eigenvalue weighted by molar-refractivity contribution is 9.10. The minimum atomic E-state index is -0.598. The van der Waals surface area contributed by atoms with E-state index in [2.05, 4.69) is 20.8 Å². The predicted molar refractivity (Wildman–Crippen MR) is 124 cm³/mol. The summed E-state index contributed by atoms with van der Waals surface area (Å²) < 4.78 is 0.967. The van der Waals surface area contributed by atoms with Crippen LogP contribution in [0.15, 0.2) is 46.9 Å². The van der Waals surface area contributed by atoms with Gasteiger partial charge in [-0.15, -0.1) is 0 Å². The molecule has 2 aliphatic rings. The van der Waals surface area contributed by atoms with E-state index in [-0.39, 0.29) is 17.9 Å². The van der Waals surface area contributed by atoms with E-state index in [1.54, 1.807) is 35.2 Å². The van der Waals surface area contributed by atoms with E-state index in [0.717, 1.165) is 10.0 Å². The van der Waals surface area contributed by atoms with Gasteiger partial charge in [-0.05, 0) is 55.0 Å². The average Bonchev–Trinajstić information content (AvgIpc) is 3.17. The number of halogens is 2. The Kier molecular flexibility index (Phi) is 6.67. The molecule has 4 rings (SSSR count). The van der Waals surface area contributed by atoms with Crippen molar-refractivity contribution in [1.82, 2.24) is 14.7 Å². The number of carbonyl (C=O) groups is 2. The molecule has 0 aromatic heterocycles. The number of aliphatic hydroxyl groups excluding tert-OH is 1. The van der Waals surface area contributed by atoms with Gasteiger partial charge < -0.3 is 14.9 Å². The molecule has 2 atom stereocenters. The first-order chi connectivity index (χ1) is 14.8. The zero-order valence-electron chi connectivity index (χ0n) is 17.3. The lowest BCUT2D eigenvalue weighted by atomic mass is 10.1. The van der Waals surface area contributed by atoms with Crippen LogP contribution in [0, 0.1) is 6.92 Å². The van der Waals surface area contributed by atoms with Gasteiger partial charge in [0.1, 0.15) is 0 Å². The van der Waals surface area contributed by atoms with Crippen LogP contribution in [0.1, 0.15) is 26.3 Å². The highest BCUT2D eigenvalue weighted by Crippen LogP contribution is 2.23. The van der Waals surface area contributed by atoms with Gasteiger partial charge in [-0.2, -0.15) is 0 Å². The Balaban J connectivity index is 1.35. The van der Waals surface area contributed by atoms with Crippen molar-refractivity contribution in [3.8, 4) is 0 Å². The first-order valence-corrected chi connectivity index (χ1v) is 11.5. The first-order valence-electron chi connectivity index (χ1n) is 10.4. The Labute approximate surface area is 195 Å². The molecule has 2 saturated heterocycles. The van der Waals surface area contributed by atoms with Crippen molar-refractivity contribution in [3.63, 3.8) is 0 Å². The Morgan fingerprint density at radius 1 is 0.935 bits per heavy atom. The Morgan fingerprint density at radius 3 is 2.19 bits per heavy atom. The number of likely N-dealkylation sites (tertiary alicyclic amines) is 1. The number of piperazine rings is 1. The Morgan fingerprint density at radius 2 is 1.55 bits per heavy atom. The standard InChI is InChI=1S/C23H25BrClN3O3/c1-15-12-17(4-7-19(15)24)23(31)28-13-20(21(29)14-28)26-8-10-27(11-9-26)22(30)16-2-5-18(25)6-3-16/h2-7,12,20-21,29H,8-11,13-14H2,1H3. The van der Waals surface area contributed by atoms with Crippen LogP contribution in [0.2, 0.25) is 5.02 Å². The zero-order chi connectivity index (χ0) is 22.1.